The Hall–Kier alpha value is 0.390. The monoisotopic (exact) mass is 159 g/mol. The van der Waals surface area contributed by atoms with E-state index in [0.717, 1.165) is 5.66 Å². The van der Waals surface area contributed by atoms with Crippen molar-refractivity contribution in [1.29, 1.82) is 0 Å². The lowest BCUT2D eigenvalue weighted by atomic mass is 10.2. The normalized spacial score (nSPS) is 41.4. The average molecular weight is 159 g/mol. The topological polar surface area (TPSA) is 12.0 Å². The zero-order valence-corrected chi connectivity index (χ0v) is 8.30. The first-order chi connectivity index (χ1) is 4.58. The van der Waals surface area contributed by atoms with Crippen molar-refractivity contribution in [3.63, 3.8) is 0 Å². The van der Waals surface area contributed by atoms with Crippen LogP contribution in [0.2, 0.25) is 0 Å². The maximum absolute atomic E-state index is 3.61. The molecule has 0 saturated heterocycles. The summed E-state index contributed by atoms with van der Waals surface area (Å²) < 4.78 is 0. The third-order valence-electron chi connectivity index (χ3n) is 2.49. The molecule has 1 rings (SSSR count). The summed E-state index contributed by atoms with van der Waals surface area (Å²) in [4.78, 5) is 0. The quantitative estimate of drug-likeness (QED) is 0.619. The summed E-state index contributed by atoms with van der Waals surface area (Å²) in [6.07, 6.45) is 2.55. The first-order valence-corrected chi connectivity index (χ1v) is 4.78. The van der Waals surface area contributed by atoms with E-state index in [1.54, 1.807) is 0 Å². The van der Waals surface area contributed by atoms with E-state index >= 15 is 0 Å². The number of hydrogen-bond acceptors (Lipinski definition) is 1. The second-order valence-corrected chi connectivity index (χ2v) is 4.49. The largest absolute Gasteiger partial charge is 0.308 e. The lowest BCUT2D eigenvalue weighted by Crippen LogP contribution is -2.37. The highest BCUT2D eigenvalue weighted by atomic mass is 31.0. The minimum Gasteiger partial charge on any atom is -0.308 e. The first-order valence-electron chi connectivity index (χ1n) is 4.12. The molecular formula is C8H18NP. The van der Waals surface area contributed by atoms with Crippen LogP contribution in [0, 0.1) is 0 Å². The molecule has 0 radical (unpaired) electrons. The van der Waals surface area contributed by atoms with Crippen molar-refractivity contribution >= 4 is 9.24 Å². The van der Waals surface area contributed by atoms with Gasteiger partial charge < -0.3 is 5.32 Å². The summed E-state index contributed by atoms with van der Waals surface area (Å²) in [6, 6.07) is 0.676. The summed E-state index contributed by atoms with van der Waals surface area (Å²) >= 11 is 0. The van der Waals surface area contributed by atoms with Crippen LogP contribution in [0.25, 0.3) is 0 Å². The van der Waals surface area contributed by atoms with Crippen molar-refractivity contribution in [2.24, 2.45) is 0 Å². The van der Waals surface area contributed by atoms with Gasteiger partial charge in [-0.2, -0.15) is 0 Å². The second-order valence-electron chi connectivity index (χ2n) is 3.68. The third-order valence-corrected chi connectivity index (χ3v) is 3.46. The lowest BCUT2D eigenvalue weighted by Gasteiger charge is -2.18. The highest BCUT2D eigenvalue weighted by molar-refractivity contribution is 7.18. The van der Waals surface area contributed by atoms with Gasteiger partial charge in [0.05, 0.1) is 0 Å². The van der Waals surface area contributed by atoms with E-state index in [4.69, 9.17) is 0 Å². The Kier molecular flexibility index (Phi) is 2.37. The van der Waals surface area contributed by atoms with E-state index < -0.39 is 0 Å². The van der Waals surface area contributed by atoms with Crippen molar-refractivity contribution in [2.45, 2.75) is 50.9 Å². The molecule has 10 heavy (non-hydrogen) atoms. The van der Waals surface area contributed by atoms with Crippen LogP contribution in [0.4, 0.5) is 0 Å². The van der Waals surface area contributed by atoms with Gasteiger partial charge in [0.2, 0.25) is 0 Å². The first kappa shape index (κ1) is 8.49. The highest BCUT2D eigenvalue weighted by Gasteiger charge is 2.46. The molecule has 2 heteroatoms. The van der Waals surface area contributed by atoms with Gasteiger partial charge >= 0.3 is 0 Å². The fraction of sp³-hybridized carbons (Fsp3) is 1.00. The molecule has 1 aliphatic carbocycles. The van der Waals surface area contributed by atoms with Crippen molar-refractivity contribution in [3.05, 3.63) is 0 Å². The van der Waals surface area contributed by atoms with Crippen LogP contribution in [-0.2, 0) is 0 Å². The lowest BCUT2D eigenvalue weighted by molar-refractivity contribution is 0.447. The van der Waals surface area contributed by atoms with E-state index in [2.05, 4.69) is 35.3 Å². The standard InChI is InChI=1S/C8H18NP/c1-4-6(2)9-8(3)5-7(8)10/h6-7,9H,4-5,10H2,1-3H3. The van der Waals surface area contributed by atoms with Crippen molar-refractivity contribution in [3.8, 4) is 0 Å². The minimum atomic E-state index is 0.445. The summed E-state index contributed by atoms with van der Waals surface area (Å²) in [6.45, 7) is 6.78. The van der Waals surface area contributed by atoms with Crippen LogP contribution in [0.5, 0.6) is 0 Å². The van der Waals surface area contributed by atoms with Crippen molar-refractivity contribution in [1.82, 2.24) is 5.32 Å². The molecule has 0 bridgehead atoms. The van der Waals surface area contributed by atoms with Gasteiger partial charge in [0.1, 0.15) is 0 Å². The molecule has 0 heterocycles. The van der Waals surface area contributed by atoms with Gasteiger partial charge in [0, 0.05) is 11.6 Å². The molecule has 4 atom stereocenters. The van der Waals surface area contributed by atoms with Crippen LogP contribution in [-0.4, -0.2) is 17.2 Å². The number of nitrogens with one attached hydrogen (secondary N) is 1. The van der Waals surface area contributed by atoms with Gasteiger partial charge in [-0.25, -0.2) is 0 Å². The molecule has 1 fully saturated rings. The number of rotatable bonds is 3. The molecule has 60 valence electrons. The van der Waals surface area contributed by atoms with E-state index in [9.17, 15) is 0 Å². The van der Waals surface area contributed by atoms with Crippen molar-refractivity contribution in [2.75, 3.05) is 0 Å². The highest BCUT2D eigenvalue weighted by Crippen LogP contribution is 2.42. The Bertz CT molecular complexity index is 126. The molecule has 0 aromatic carbocycles. The zero-order chi connectivity index (χ0) is 7.78. The Labute approximate surface area is 66.2 Å². The van der Waals surface area contributed by atoms with Gasteiger partial charge in [-0.1, -0.05) is 6.92 Å². The van der Waals surface area contributed by atoms with Crippen LogP contribution >= 0.6 is 9.24 Å². The molecular weight excluding hydrogens is 141 g/mol. The Morgan fingerprint density at radius 1 is 1.80 bits per heavy atom. The predicted molar refractivity (Wildman–Crippen MR) is 49.4 cm³/mol. The predicted octanol–water partition coefficient (Wildman–Crippen LogP) is 1.78. The molecule has 4 unspecified atom stereocenters. The number of hydrogen-bond donors (Lipinski definition) is 1. The fourth-order valence-corrected chi connectivity index (χ4v) is 1.81. The van der Waals surface area contributed by atoms with E-state index in [1.807, 2.05) is 0 Å². The van der Waals surface area contributed by atoms with Crippen LogP contribution in [0.1, 0.15) is 33.6 Å². The summed E-state index contributed by atoms with van der Waals surface area (Å²) in [5.41, 5.74) is 1.25. The molecule has 0 aromatic heterocycles. The molecule has 1 nitrogen and oxygen atoms in total. The third kappa shape index (κ3) is 1.71. The summed E-state index contributed by atoms with van der Waals surface area (Å²) in [5, 5.41) is 3.61. The van der Waals surface area contributed by atoms with Gasteiger partial charge in [-0.05, 0) is 32.3 Å². The van der Waals surface area contributed by atoms with Crippen LogP contribution in [0.3, 0.4) is 0 Å². The van der Waals surface area contributed by atoms with E-state index in [-0.39, 0.29) is 0 Å². The summed E-state index contributed by atoms with van der Waals surface area (Å²) in [5.74, 6) is 0. The smallest absolute Gasteiger partial charge is 0.0225 e. The van der Waals surface area contributed by atoms with Crippen LogP contribution < -0.4 is 5.32 Å². The van der Waals surface area contributed by atoms with Gasteiger partial charge in [0.25, 0.3) is 0 Å². The van der Waals surface area contributed by atoms with E-state index in [0.29, 0.717) is 11.6 Å². The molecule has 0 spiro atoms. The molecule has 1 N–H and O–H groups in total. The Morgan fingerprint density at radius 3 is 2.60 bits per heavy atom. The van der Waals surface area contributed by atoms with Crippen molar-refractivity contribution < 1.29 is 0 Å². The second kappa shape index (κ2) is 2.79. The Morgan fingerprint density at radius 2 is 2.30 bits per heavy atom. The minimum absolute atomic E-state index is 0.445. The maximum atomic E-state index is 3.61. The summed E-state index contributed by atoms with van der Waals surface area (Å²) in [7, 11) is 2.89. The van der Waals surface area contributed by atoms with Crippen LogP contribution in [0.15, 0.2) is 0 Å². The zero-order valence-electron chi connectivity index (χ0n) is 7.15. The van der Waals surface area contributed by atoms with Gasteiger partial charge in [-0.3, -0.25) is 0 Å². The maximum Gasteiger partial charge on any atom is 0.0225 e. The molecule has 0 aliphatic heterocycles. The average Bonchev–Trinajstić information content (AvgIpc) is 2.40. The van der Waals surface area contributed by atoms with Gasteiger partial charge in [0.15, 0.2) is 0 Å². The van der Waals surface area contributed by atoms with E-state index in [1.165, 1.54) is 12.8 Å². The Balaban J connectivity index is 2.26. The molecule has 0 aromatic rings. The van der Waals surface area contributed by atoms with Gasteiger partial charge in [-0.15, -0.1) is 9.24 Å². The molecule has 1 saturated carbocycles. The SMILES string of the molecule is CCC(C)NC1(C)CC1P. The molecule has 1 aliphatic rings. The fourth-order valence-electron chi connectivity index (χ4n) is 1.23. The molecule has 0 amide bonds.